The van der Waals surface area contributed by atoms with Crippen molar-refractivity contribution in [3.8, 4) is 44.5 Å². The van der Waals surface area contributed by atoms with E-state index in [-0.39, 0.29) is 0 Å². The Morgan fingerprint density at radius 2 is 0.862 bits per heavy atom. The highest BCUT2D eigenvalue weighted by Gasteiger charge is 2.21. The molecule has 2 nitrogen and oxygen atoms in total. The first-order chi connectivity index (χ1) is 28.8. The van der Waals surface area contributed by atoms with Gasteiger partial charge in [-0.15, -0.1) is 0 Å². The predicted octanol–water partition coefficient (Wildman–Crippen LogP) is 16.0. The minimum atomic E-state index is 0.881. The first kappa shape index (κ1) is 33.6. The van der Waals surface area contributed by atoms with Gasteiger partial charge in [0, 0.05) is 27.7 Å². The third-order valence-electron chi connectivity index (χ3n) is 11.5. The molecule has 1 heterocycles. The molecule has 0 atom stereocenters. The molecule has 0 aliphatic carbocycles. The summed E-state index contributed by atoms with van der Waals surface area (Å²) < 4.78 is 6.39. The Balaban J connectivity index is 1.10. The summed E-state index contributed by atoms with van der Waals surface area (Å²) in [5, 5.41) is 7.19. The van der Waals surface area contributed by atoms with E-state index < -0.39 is 0 Å². The summed E-state index contributed by atoms with van der Waals surface area (Å²) in [6, 6.07) is 80.8. The van der Waals surface area contributed by atoms with Crippen molar-refractivity contribution in [1.82, 2.24) is 0 Å². The Kier molecular flexibility index (Phi) is 8.19. The van der Waals surface area contributed by atoms with E-state index >= 15 is 0 Å². The molecule has 11 aromatic rings. The number of nitrogens with zero attached hydrogens (tertiary/aromatic N) is 1. The molecule has 1 aromatic heterocycles. The monoisotopic (exact) mass is 739 g/mol. The largest absolute Gasteiger partial charge is 0.456 e. The van der Waals surface area contributed by atoms with E-state index in [1.165, 1.54) is 49.4 Å². The van der Waals surface area contributed by atoms with E-state index in [9.17, 15) is 0 Å². The number of fused-ring (bicyclic) bond motifs is 5. The third-order valence-corrected chi connectivity index (χ3v) is 11.5. The molecule has 0 spiro atoms. The average molecular weight is 740 g/mol. The predicted molar refractivity (Wildman–Crippen MR) is 245 cm³/mol. The van der Waals surface area contributed by atoms with Crippen LogP contribution in [0.25, 0.3) is 88.0 Å². The molecule has 0 saturated heterocycles. The molecule has 272 valence electrons. The van der Waals surface area contributed by atoms with Crippen molar-refractivity contribution < 1.29 is 4.42 Å². The summed E-state index contributed by atoms with van der Waals surface area (Å²) in [7, 11) is 0. The minimum absolute atomic E-state index is 0.881. The molecule has 0 unspecified atom stereocenters. The minimum Gasteiger partial charge on any atom is -0.456 e. The second-order valence-corrected chi connectivity index (χ2v) is 14.9. The molecule has 0 aliphatic rings. The lowest BCUT2D eigenvalue weighted by molar-refractivity contribution is 0.669. The summed E-state index contributed by atoms with van der Waals surface area (Å²) >= 11 is 0. The first-order valence-corrected chi connectivity index (χ1v) is 19.8. The van der Waals surface area contributed by atoms with Gasteiger partial charge >= 0.3 is 0 Å². The lowest BCUT2D eigenvalue weighted by Gasteiger charge is -2.29. The van der Waals surface area contributed by atoms with Gasteiger partial charge in [-0.3, -0.25) is 0 Å². The first-order valence-electron chi connectivity index (χ1n) is 19.8. The molecule has 0 bridgehead atoms. The normalized spacial score (nSPS) is 11.4. The molecule has 0 fully saturated rings. The van der Waals surface area contributed by atoms with E-state index in [1.54, 1.807) is 0 Å². The topological polar surface area (TPSA) is 16.4 Å². The zero-order chi connectivity index (χ0) is 38.4. The lowest BCUT2D eigenvalue weighted by Crippen LogP contribution is -2.11. The van der Waals surface area contributed by atoms with E-state index in [0.717, 1.165) is 55.7 Å². The lowest BCUT2D eigenvalue weighted by atomic mass is 9.92. The third kappa shape index (κ3) is 5.82. The molecule has 58 heavy (non-hydrogen) atoms. The zero-order valence-corrected chi connectivity index (χ0v) is 31.7. The van der Waals surface area contributed by atoms with Crippen molar-refractivity contribution in [2.45, 2.75) is 0 Å². The highest BCUT2D eigenvalue weighted by molar-refractivity contribution is 6.14. The van der Waals surface area contributed by atoms with Gasteiger partial charge in [0.05, 0.1) is 5.69 Å². The number of para-hydroxylation sites is 2. The Bertz CT molecular complexity index is 3290. The van der Waals surface area contributed by atoms with E-state index in [4.69, 9.17) is 4.42 Å². The second-order valence-electron chi connectivity index (χ2n) is 14.9. The summed E-state index contributed by atoms with van der Waals surface area (Å²) in [6.45, 7) is 0. The van der Waals surface area contributed by atoms with Crippen LogP contribution in [-0.4, -0.2) is 0 Å². The van der Waals surface area contributed by atoms with Gasteiger partial charge in [0.1, 0.15) is 11.2 Å². The SMILES string of the molecule is c1cc(-c2ccccc2-c2ccc3ccccc3c2)cc(N(c2ccc(-c3cccc4ccccc34)cc2)c2ccccc2-c2cccc3oc4ccccc4c23)c1. The molecule has 0 amide bonds. The molecule has 0 aliphatic heterocycles. The van der Waals surface area contributed by atoms with Crippen molar-refractivity contribution in [1.29, 1.82) is 0 Å². The summed E-state index contributed by atoms with van der Waals surface area (Å²) in [4.78, 5) is 2.41. The standard InChI is InChI=1S/C56H37NO/c1-2-16-41-36-43(31-30-38(41)14-1)49-22-6-5-21-48(49)42-18-11-19-45(37-42)57(44-34-32-40(33-35-44)47-25-12-17-39-15-3-4-20-46(39)47)53-27-9-7-23-50(53)51-26-13-29-55-56(51)52-24-8-10-28-54(52)58-55/h1-37H. The van der Waals surface area contributed by atoms with Gasteiger partial charge in [0.25, 0.3) is 0 Å². The van der Waals surface area contributed by atoms with Crippen LogP contribution in [0.4, 0.5) is 17.1 Å². The maximum Gasteiger partial charge on any atom is 0.136 e. The van der Waals surface area contributed by atoms with Gasteiger partial charge < -0.3 is 9.32 Å². The van der Waals surface area contributed by atoms with Gasteiger partial charge in [-0.1, -0.05) is 176 Å². The Labute approximate surface area is 337 Å². The molecule has 11 rings (SSSR count). The molecule has 2 heteroatoms. The molecule has 0 saturated carbocycles. The smallest absolute Gasteiger partial charge is 0.136 e. The van der Waals surface area contributed by atoms with E-state index in [2.05, 4.69) is 223 Å². The van der Waals surface area contributed by atoms with Gasteiger partial charge in [0.2, 0.25) is 0 Å². The van der Waals surface area contributed by atoms with Crippen LogP contribution in [0, 0.1) is 0 Å². The van der Waals surface area contributed by atoms with Crippen molar-refractivity contribution in [3.63, 3.8) is 0 Å². The van der Waals surface area contributed by atoms with Gasteiger partial charge in [-0.25, -0.2) is 0 Å². The van der Waals surface area contributed by atoms with Gasteiger partial charge in [-0.2, -0.15) is 0 Å². The van der Waals surface area contributed by atoms with Crippen LogP contribution in [0.2, 0.25) is 0 Å². The highest BCUT2D eigenvalue weighted by Crippen LogP contribution is 2.46. The zero-order valence-electron chi connectivity index (χ0n) is 31.7. The van der Waals surface area contributed by atoms with Crippen molar-refractivity contribution in [2.75, 3.05) is 4.90 Å². The van der Waals surface area contributed by atoms with Crippen LogP contribution in [0.1, 0.15) is 0 Å². The number of hydrogen-bond donors (Lipinski definition) is 0. The number of rotatable bonds is 7. The van der Waals surface area contributed by atoms with Crippen LogP contribution in [0.3, 0.4) is 0 Å². The summed E-state index contributed by atoms with van der Waals surface area (Å²) in [5.41, 5.74) is 14.4. The maximum absolute atomic E-state index is 6.39. The Hall–Kier alpha value is -7.68. The number of hydrogen-bond acceptors (Lipinski definition) is 2. The molecular weight excluding hydrogens is 703 g/mol. The Morgan fingerprint density at radius 1 is 0.293 bits per heavy atom. The second kappa shape index (κ2) is 14.1. The molecule has 10 aromatic carbocycles. The molecule has 0 N–H and O–H groups in total. The van der Waals surface area contributed by atoms with Crippen LogP contribution < -0.4 is 4.90 Å². The number of anilines is 3. The summed E-state index contributed by atoms with van der Waals surface area (Å²) in [5.74, 6) is 0. The number of furan rings is 1. The number of benzene rings is 10. The highest BCUT2D eigenvalue weighted by atomic mass is 16.3. The fraction of sp³-hybridized carbons (Fsp3) is 0. The summed E-state index contributed by atoms with van der Waals surface area (Å²) in [6.07, 6.45) is 0. The van der Waals surface area contributed by atoms with Crippen LogP contribution in [0.5, 0.6) is 0 Å². The fourth-order valence-electron chi connectivity index (χ4n) is 8.75. The van der Waals surface area contributed by atoms with Crippen LogP contribution >= 0.6 is 0 Å². The van der Waals surface area contributed by atoms with Gasteiger partial charge in [-0.05, 0) is 109 Å². The average Bonchev–Trinajstić information content (AvgIpc) is 3.69. The van der Waals surface area contributed by atoms with Crippen LogP contribution in [-0.2, 0) is 0 Å². The maximum atomic E-state index is 6.39. The Morgan fingerprint density at radius 3 is 1.71 bits per heavy atom. The van der Waals surface area contributed by atoms with Gasteiger partial charge in [0.15, 0.2) is 0 Å². The van der Waals surface area contributed by atoms with Crippen molar-refractivity contribution in [2.24, 2.45) is 0 Å². The quantitative estimate of drug-likeness (QED) is 0.162. The molecule has 0 radical (unpaired) electrons. The van der Waals surface area contributed by atoms with Crippen molar-refractivity contribution >= 4 is 60.5 Å². The van der Waals surface area contributed by atoms with E-state index in [1.807, 2.05) is 6.07 Å². The van der Waals surface area contributed by atoms with Crippen LogP contribution in [0.15, 0.2) is 229 Å². The fourth-order valence-corrected chi connectivity index (χ4v) is 8.75. The van der Waals surface area contributed by atoms with E-state index in [0.29, 0.717) is 0 Å². The van der Waals surface area contributed by atoms with Crippen molar-refractivity contribution in [3.05, 3.63) is 224 Å². The molecular formula is C56H37NO.